The zero-order valence-corrected chi connectivity index (χ0v) is 24.5. The first-order chi connectivity index (χ1) is 21.0. The molecule has 0 saturated carbocycles. The fourth-order valence-corrected chi connectivity index (χ4v) is 5.79. The number of esters is 1. The highest BCUT2D eigenvalue weighted by molar-refractivity contribution is 6.02. The lowest BCUT2D eigenvalue weighted by Gasteiger charge is -2.33. The molecule has 6 nitrogen and oxygen atoms in total. The molecule has 0 spiro atoms. The van der Waals surface area contributed by atoms with Gasteiger partial charge in [-0.05, 0) is 84.8 Å². The Hall–Kier alpha value is -4.84. The number of benzene rings is 4. The fraction of sp³-hybridized carbons (Fsp3) is 0.243. The van der Waals surface area contributed by atoms with Crippen molar-refractivity contribution in [2.75, 3.05) is 31.7 Å². The smallest absolute Gasteiger partial charge is 0.337 e. The van der Waals surface area contributed by atoms with Gasteiger partial charge in [0.1, 0.15) is 11.3 Å². The molecule has 2 heterocycles. The Morgan fingerprint density at radius 1 is 0.860 bits per heavy atom. The van der Waals surface area contributed by atoms with Crippen LogP contribution in [0.3, 0.4) is 0 Å². The van der Waals surface area contributed by atoms with Crippen LogP contribution in [0.15, 0.2) is 101 Å². The predicted octanol–water partition coefficient (Wildman–Crippen LogP) is 7.92. The Morgan fingerprint density at radius 2 is 1.63 bits per heavy atom. The lowest BCUT2D eigenvalue weighted by atomic mass is 9.97. The van der Waals surface area contributed by atoms with E-state index in [9.17, 15) is 9.59 Å². The van der Waals surface area contributed by atoms with Gasteiger partial charge in [-0.25, -0.2) is 4.79 Å². The summed E-state index contributed by atoms with van der Waals surface area (Å²) in [5.41, 5.74) is 6.49. The number of piperidine rings is 1. The molecule has 0 unspecified atom stereocenters. The molecule has 6 heteroatoms. The molecule has 6 rings (SSSR count). The normalized spacial score (nSPS) is 13.7. The molecule has 43 heavy (non-hydrogen) atoms. The maximum Gasteiger partial charge on any atom is 0.337 e. The largest absolute Gasteiger partial charge is 0.493 e. The van der Waals surface area contributed by atoms with E-state index in [1.807, 2.05) is 55.5 Å². The van der Waals surface area contributed by atoms with E-state index in [1.54, 1.807) is 18.2 Å². The highest BCUT2D eigenvalue weighted by Crippen LogP contribution is 2.31. The van der Waals surface area contributed by atoms with E-state index in [0.717, 1.165) is 64.8 Å². The van der Waals surface area contributed by atoms with Crippen LogP contribution in [0.4, 0.5) is 5.69 Å². The van der Waals surface area contributed by atoms with Gasteiger partial charge >= 0.3 is 5.97 Å². The van der Waals surface area contributed by atoms with Gasteiger partial charge in [-0.2, -0.15) is 0 Å². The van der Waals surface area contributed by atoms with Crippen LogP contribution in [0.2, 0.25) is 0 Å². The van der Waals surface area contributed by atoms with Crippen molar-refractivity contribution in [3.63, 3.8) is 0 Å². The number of carbonyl (C=O) groups is 2. The Kier molecular flexibility index (Phi) is 8.27. The Labute approximate surface area is 251 Å². The number of ether oxygens (including phenoxy) is 2. The van der Waals surface area contributed by atoms with Gasteiger partial charge in [0.05, 0.1) is 19.3 Å². The SMILES string of the molecule is COC(=O)c1cccc(OCC2CCN(c3ccc(CC(=O)c4oc5ccc(-c6ccccc6)cc5c4C)cc3)CC2)c1. The topological polar surface area (TPSA) is 69.0 Å². The first-order valence-electron chi connectivity index (χ1n) is 14.8. The number of nitrogens with zero attached hydrogens (tertiary/aromatic N) is 1. The average Bonchev–Trinajstić information content (AvgIpc) is 3.40. The summed E-state index contributed by atoms with van der Waals surface area (Å²) in [6.45, 7) is 4.47. The van der Waals surface area contributed by atoms with E-state index in [4.69, 9.17) is 13.9 Å². The molecule has 1 saturated heterocycles. The van der Waals surface area contributed by atoms with E-state index in [0.29, 0.717) is 36.0 Å². The molecule has 0 bridgehead atoms. The number of furan rings is 1. The van der Waals surface area contributed by atoms with Gasteiger partial charge in [0, 0.05) is 36.1 Å². The zero-order valence-electron chi connectivity index (χ0n) is 24.5. The van der Waals surface area contributed by atoms with Gasteiger partial charge in [-0.15, -0.1) is 0 Å². The van der Waals surface area contributed by atoms with Crippen LogP contribution in [-0.4, -0.2) is 38.6 Å². The number of rotatable bonds is 9. The summed E-state index contributed by atoms with van der Waals surface area (Å²) >= 11 is 0. The van der Waals surface area contributed by atoms with Crippen LogP contribution in [0.5, 0.6) is 5.75 Å². The van der Waals surface area contributed by atoms with Gasteiger partial charge < -0.3 is 18.8 Å². The van der Waals surface area contributed by atoms with Gasteiger partial charge in [-0.1, -0.05) is 54.6 Å². The third-order valence-electron chi connectivity index (χ3n) is 8.32. The molecule has 5 aromatic rings. The molecule has 4 aromatic carbocycles. The second kappa shape index (κ2) is 12.6. The number of hydrogen-bond donors (Lipinski definition) is 0. The lowest BCUT2D eigenvalue weighted by molar-refractivity contribution is 0.0600. The number of hydrogen-bond acceptors (Lipinski definition) is 6. The number of carbonyl (C=O) groups excluding carboxylic acids is 2. The van der Waals surface area contributed by atoms with Crippen molar-refractivity contribution in [1.82, 2.24) is 0 Å². The Morgan fingerprint density at radius 3 is 2.37 bits per heavy atom. The maximum absolute atomic E-state index is 13.3. The van der Waals surface area contributed by atoms with E-state index < -0.39 is 0 Å². The number of aryl methyl sites for hydroxylation is 1. The number of ketones is 1. The van der Waals surface area contributed by atoms with Crippen molar-refractivity contribution in [3.05, 3.63) is 120 Å². The van der Waals surface area contributed by atoms with E-state index in [-0.39, 0.29) is 11.8 Å². The fourth-order valence-electron chi connectivity index (χ4n) is 5.79. The van der Waals surface area contributed by atoms with E-state index in [1.165, 1.54) is 7.11 Å². The minimum atomic E-state index is -0.364. The molecular weight excluding hydrogens is 538 g/mol. The zero-order chi connectivity index (χ0) is 29.8. The Bertz CT molecular complexity index is 1730. The van der Waals surface area contributed by atoms with Crippen LogP contribution in [0.25, 0.3) is 22.1 Å². The monoisotopic (exact) mass is 573 g/mol. The predicted molar refractivity (Wildman–Crippen MR) is 169 cm³/mol. The third-order valence-corrected chi connectivity index (χ3v) is 8.32. The minimum Gasteiger partial charge on any atom is -0.493 e. The molecule has 0 N–H and O–H groups in total. The van der Waals surface area contributed by atoms with Gasteiger partial charge in [0.25, 0.3) is 0 Å². The van der Waals surface area contributed by atoms with Crippen LogP contribution in [0, 0.1) is 12.8 Å². The van der Waals surface area contributed by atoms with Crippen molar-refractivity contribution in [3.8, 4) is 16.9 Å². The summed E-state index contributed by atoms with van der Waals surface area (Å²) in [6.07, 6.45) is 2.34. The maximum atomic E-state index is 13.3. The second-order valence-electron chi connectivity index (χ2n) is 11.2. The second-order valence-corrected chi connectivity index (χ2v) is 11.2. The summed E-state index contributed by atoms with van der Waals surface area (Å²) in [4.78, 5) is 27.4. The van der Waals surface area contributed by atoms with Crippen molar-refractivity contribution >= 4 is 28.4 Å². The van der Waals surface area contributed by atoms with Crippen LogP contribution in [0.1, 0.15) is 44.9 Å². The molecular formula is C37H35NO5. The molecule has 0 radical (unpaired) electrons. The van der Waals surface area contributed by atoms with Crippen LogP contribution in [-0.2, 0) is 11.2 Å². The first kappa shape index (κ1) is 28.3. The molecule has 1 aliphatic rings. The standard InChI is InChI=1S/C37H35NO5/c1-25-33-23-29(28-7-4-3-5-8-28)13-16-35(33)43-36(25)34(39)21-26-11-14-31(15-12-26)38-19-17-27(18-20-38)24-42-32-10-6-9-30(22-32)37(40)41-2/h3-16,22-23,27H,17-21,24H2,1-2H3. The van der Waals surface area contributed by atoms with Gasteiger partial charge in [0.15, 0.2) is 5.76 Å². The lowest BCUT2D eigenvalue weighted by Crippen LogP contribution is -2.35. The molecule has 1 fully saturated rings. The number of fused-ring (bicyclic) bond motifs is 1. The molecule has 0 atom stereocenters. The average molecular weight is 574 g/mol. The summed E-state index contributed by atoms with van der Waals surface area (Å²) in [6, 6.07) is 31.7. The Balaban J connectivity index is 1.03. The van der Waals surface area contributed by atoms with E-state index in [2.05, 4.69) is 35.2 Å². The summed E-state index contributed by atoms with van der Waals surface area (Å²) in [5.74, 6) is 1.19. The van der Waals surface area contributed by atoms with Gasteiger partial charge in [-0.3, -0.25) is 4.79 Å². The van der Waals surface area contributed by atoms with Crippen molar-refractivity contribution < 1.29 is 23.5 Å². The van der Waals surface area contributed by atoms with Gasteiger partial charge in [0.2, 0.25) is 5.78 Å². The first-order valence-corrected chi connectivity index (χ1v) is 14.8. The third kappa shape index (κ3) is 6.33. The highest BCUT2D eigenvalue weighted by atomic mass is 16.5. The molecule has 0 aliphatic carbocycles. The molecule has 0 amide bonds. The number of anilines is 1. The van der Waals surface area contributed by atoms with Crippen LogP contribution >= 0.6 is 0 Å². The summed E-state index contributed by atoms with van der Waals surface area (Å²) < 4.78 is 16.8. The number of methoxy groups -OCH3 is 1. The van der Waals surface area contributed by atoms with E-state index >= 15 is 0 Å². The summed E-state index contributed by atoms with van der Waals surface area (Å²) in [7, 11) is 1.38. The molecule has 218 valence electrons. The highest BCUT2D eigenvalue weighted by Gasteiger charge is 2.22. The molecule has 1 aliphatic heterocycles. The molecule has 1 aromatic heterocycles. The van der Waals surface area contributed by atoms with Crippen molar-refractivity contribution in [1.29, 1.82) is 0 Å². The summed E-state index contributed by atoms with van der Waals surface area (Å²) in [5, 5.41) is 0.976. The quantitative estimate of drug-likeness (QED) is 0.132. The van der Waals surface area contributed by atoms with Crippen molar-refractivity contribution in [2.45, 2.75) is 26.2 Å². The van der Waals surface area contributed by atoms with Crippen LogP contribution < -0.4 is 9.64 Å². The van der Waals surface area contributed by atoms with Crippen molar-refractivity contribution in [2.24, 2.45) is 5.92 Å². The number of Topliss-reactive ketones (excluding diaryl/α,β-unsaturated/α-hetero) is 1. The minimum absolute atomic E-state index is 0.0133.